The van der Waals surface area contributed by atoms with Gasteiger partial charge in [-0.15, -0.1) is 0 Å². The van der Waals surface area contributed by atoms with Crippen molar-refractivity contribution >= 4 is 5.52 Å². The molecule has 0 spiro atoms. The maximum absolute atomic E-state index is 4.35. The second-order valence-electron chi connectivity index (χ2n) is 5.25. The number of pyridine rings is 1. The van der Waals surface area contributed by atoms with Crippen LogP contribution in [0.4, 0.5) is 0 Å². The Balaban J connectivity index is 1.57. The van der Waals surface area contributed by atoms with Crippen LogP contribution in [-0.2, 0) is 6.54 Å². The highest BCUT2D eigenvalue weighted by Crippen LogP contribution is 2.14. The monoisotopic (exact) mass is 244 g/mol. The molecule has 1 N–H and O–H groups in total. The second kappa shape index (κ2) is 5.08. The first-order chi connectivity index (χ1) is 8.83. The van der Waals surface area contributed by atoms with Gasteiger partial charge >= 0.3 is 0 Å². The summed E-state index contributed by atoms with van der Waals surface area (Å²) in [5.74, 6) is 0.803. The smallest absolute Gasteiger partial charge is 0.0706 e. The van der Waals surface area contributed by atoms with Crippen LogP contribution in [-0.4, -0.2) is 41.2 Å². The number of likely N-dealkylation sites (tertiary alicyclic amines) is 1. The molecule has 0 aromatic carbocycles. The molecule has 0 bridgehead atoms. The van der Waals surface area contributed by atoms with Crippen LogP contribution >= 0.6 is 0 Å². The van der Waals surface area contributed by atoms with Gasteiger partial charge in [-0.25, -0.2) is 4.52 Å². The Bertz CT molecular complexity index is 519. The highest BCUT2D eigenvalue weighted by atomic mass is 15.2. The van der Waals surface area contributed by atoms with E-state index in [2.05, 4.69) is 34.5 Å². The van der Waals surface area contributed by atoms with Gasteiger partial charge in [0.2, 0.25) is 0 Å². The van der Waals surface area contributed by atoms with Crippen LogP contribution in [0.5, 0.6) is 0 Å². The molecule has 2 aromatic rings. The molecule has 3 rings (SSSR count). The zero-order chi connectivity index (χ0) is 12.4. The SMILES string of the molecule is CN1CCC(CNCc2cnn3ccccc23)C1. The third-order valence-corrected chi connectivity index (χ3v) is 3.74. The van der Waals surface area contributed by atoms with Crippen molar-refractivity contribution in [2.75, 3.05) is 26.7 Å². The lowest BCUT2D eigenvalue weighted by Crippen LogP contribution is -2.24. The van der Waals surface area contributed by atoms with Crippen molar-refractivity contribution in [1.82, 2.24) is 19.8 Å². The van der Waals surface area contributed by atoms with Gasteiger partial charge in [0.1, 0.15) is 0 Å². The number of nitrogens with one attached hydrogen (secondary N) is 1. The van der Waals surface area contributed by atoms with Crippen molar-refractivity contribution in [3.63, 3.8) is 0 Å². The Morgan fingerprint density at radius 3 is 3.22 bits per heavy atom. The molecule has 1 atom stereocenters. The van der Waals surface area contributed by atoms with Gasteiger partial charge in [0, 0.05) is 24.8 Å². The molecule has 1 unspecified atom stereocenters. The highest BCUT2D eigenvalue weighted by molar-refractivity contribution is 5.53. The zero-order valence-electron chi connectivity index (χ0n) is 10.8. The second-order valence-corrected chi connectivity index (χ2v) is 5.25. The molecule has 0 amide bonds. The number of hydrogen-bond donors (Lipinski definition) is 1. The molecule has 0 aliphatic carbocycles. The van der Waals surface area contributed by atoms with E-state index in [1.165, 1.54) is 30.6 Å². The third-order valence-electron chi connectivity index (χ3n) is 3.74. The van der Waals surface area contributed by atoms with E-state index in [0.29, 0.717) is 0 Å². The van der Waals surface area contributed by atoms with Crippen LogP contribution < -0.4 is 5.32 Å². The molecular formula is C14H20N4. The lowest BCUT2D eigenvalue weighted by atomic mass is 10.1. The molecule has 96 valence electrons. The van der Waals surface area contributed by atoms with Crippen molar-refractivity contribution in [3.05, 3.63) is 36.2 Å². The van der Waals surface area contributed by atoms with Crippen molar-refractivity contribution < 1.29 is 0 Å². The minimum atomic E-state index is 0.803. The number of hydrogen-bond acceptors (Lipinski definition) is 3. The van der Waals surface area contributed by atoms with E-state index >= 15 is 0 Å². The summed E-state index contributed by atoms with van der Waals surface area (Å²) in [7, 11) is 2.20. The number of aromatic nitrogens is 2. The predicted molar refractivity (Wildman–Crippen MR) is 72.5 cm³/mol. The van der Waals surface area contributed by atoms with E-state index < -0.39 is 0 Å². The van der Waals surface area contributed by atoms with Crippen LogP contribution in [0.15, 0.2) is 30.6 Å². The maximum Gasteiger partial charge on any atom is 0.0706 e. The lowest BCUT2D eigenvalue weighted by molar-refractivity contribution is 0.388. The Hall–Kier alpha value is -1.39. The van der Waals surface area contributed by atoms with Crippen LogP contribution in [0.3, 0.4) is 0 Å². The predicted octanol–water partition coefficient (Wildman–Crippen LogP) is 1.38. The van der Waals surface area contributed by atoms with Gasteiger partial charge in [0.25, 0.3) is 0 Å². The fraction of sp³-hybridized carbons (Fsp3) is 0.500. The van der Waals surface area contributed by atoms with E-state index in [4.69, 9.17) is 0 Å². The van der Waals surface area contributed by atoms with E-state index in [9.17, 15) is 0 Å². The molecule has 18 heavy (non-hydrogen) atoms. The summed E-state index contributed by atoms with van der Waals surface area (Å²) in [5, 5.41) is 7.91. The molecule has 1 aliphatic heterocycles. The Labute approximate surface area is 108 Å². The molecular weight excluding hydrogens is 224 g/mol. The average Bonchev–Trinajstić information content (AvgIpc) is 2.97. The quantitative estimate of drug-likeness (QED) is 0.882. The summed E-state index contributed by atoms with van der Waals surface area (Å²) < 4.78 is 1.93. The topological polar surface area (TPSA) is 32.6 Å². The van der Waals surface area contributed by atoms with Gasteiger partial charge in [0.05, 0.1) is 11.7 Å². The average molecular weight is 244 g/mol. The standard InChI is InChI=1S/C14H20N4/c1-17-7-5-12(11-17)8-15-9-13-10-16-18-6-3-2-4-14(13)18/h2-4,6,10,12,15H,5,7-9,11H2,1H3. The molecule has 1 fully saturated rings. The first-order valence-electron chi connectivity index (χ1n) is 6.63. The first kappa shape index (κ1) is 11.7. The van der Waals surface area contributed by atoms with Gasteiger partial charge in [-0.1, -0.05) is 6.07 Å². The molecule has 4 heteroatoms. The normalized spacial score (nSPS) is 20.8. The fourth-order valence-corrected chi connectivity index (χ4v) is 2.73. The first-order valence-corrected chi connectivity index (χ1v) is 6.63. The lowest BCUT2D eigenvalue weighted by Gasteiger charge is -2.11. The number of fused-ring (bicyclic) bond motifs is 1. The molecule has 0 radical (unpaired) electrons. The van der Waals surface area contributed by atoms with Gasteiger partial charge in [-0.3, -0.25) is 0 Å². The number of nitrogens with zero attached hydrogens (tertiary/aromatic N) is 3. The molecule has 1 saturated heterocycles. The van der Waals surface area contributed by atoms with E-state index in [1.54, 1.807) is 0 Å². The Morgan fingerprint density at radius 1 is 1.44 bits per heavy atom. The summed E-state index contributed by atoms with van der Waals surface area (Å²) in [6.07, 6.45) is 5.27. The molecule has 0 saturated carbocycles. The largest absolute Gasteiger partial charge is 0.312 e. The minimum Gasteiger partial charge on any atom is -0.312 e. The van der Waals surface area contributed by atoms with E-state index in [-0.39, 0.29) is 0 Å². The Kier molecular flexibility index (Phi) is 3.30. The summed E-state index contributed by atoms with van der Waals surface area (Å²) in [6, 6.07) is 6.19. The summed E-state index contributed by atoms with van der Waals surface area (Å²) >= 11 is 0. The summed E-state index contributed by atoms with van der Waals surface area (Å²) in [5.41, 5.74) is 2.48. The molecule has 1 aliphatic rings. The van der Waals surface area contributed by atoms with Gasteiger partial charge in [-0.05, 0) is 44.6 Å². The summed E-state index contributed by atoms with van der Waals surface area (Å²) in [4.78, 5) is 2.40. The molecule has 3 heterocycles. The van der Waals surface area contributed by atoms with Crippen LogP contribution in [0.1, 0.15) is 12.0 Å². The van der Waals surface area contributed by atoms with Crippen LogP contribution in [0.2, 0.25) is 0 Å². The van der Waals surface area contributed by atoms with Crippen molar-refractivity contribution in [2.45, 2.75) is 13.0 Å². The van der Waals surface area contributed by atoms with Gasteiger partial charge in [0.15, 0.2) is 0 Å². The molecule has 4 nitrogen and oxygen atoms in total. The number of rotatable bonds is 4. The van der Waals surface area contributed by atoms with Crippen LogP contribution in [0, 0.1) is 5.92 Å². The zero-order valence-corrected chi connectivity index (χ0v) is 10.8. The Morgan fingerprint density at radius 2 is 2.39 bits per heavy atom. The minimum absolute atomic E-state index is 0.803. The van der Waals surface area contributed by atoms with Gasteiger partial charge < -0.3 is 10.2 Å². The fourth-order valence-electron chi connectivity index (χ4n) is 2.73. The summed E-state index contributed by atoms with van der Waals surface area (Å²) in [6.45, 7) is 4.48. The van der Waals surface area contributed by atoms with Crippen molar-refractivity contribution in [2.24, 2.45) is 5.92 Å². The van der Waals surface area contributed by atoms with Crippen molar-refractivity contribution in [1.29, 1.82) is 0 Å². The van der Waals surface area contributed by atoms with Crippen molar-refractivity contribution in [3.8, 4) is 0 Å². The van der Waals surface area contributed by atoms with Crippen LogP contribution in [0.25, 0.3) is 5.52 Å². The third kappa shape index (κ3) is 2.40. The maximum atomic E-state index is 4.35. The highest BCUT2D eigenvalue weighted by Gasteiger charge is 2.18. The molecule has 2 aromatic heterocycles. The van der Waals surface area contributed by atoms with E-state index in [0.717, 1.165) is 19.0 Å². The van der Waals surface area contributed by atoms with E-state index in [1.807, 2.05) is 23.0 Å². The van der Waals surface area contributed by atoms with Gasteiger partial charge in [-0.2, -0.15) is 5.10 Å².